The molecule has 4 rings (SSSR count). The Bertz CT molecular complexity index is 1460. The number of nitrogens with two attached hydrogens (primary N) is 1. The molecule has 0 aliphatic heterocycles. The molecule has 0 bridgehead atoms. The van der Waals surface area contributed by atoms with E-state index in [1.54, 1.807) is 17.0 Å². The maximum absolute atomic E-state index is 14.1. The third-order valence-corrected chi connectivity index (χ3v) is 6.56. The van der Waals surface area contributed by atoms with Gasteiger partial charge in [0.15, 0.2) is 5.82 Å². The molecule has 0 aliphatic carbocycles. The van der Waals surface area contributed by atoms with Gasteiger partial charge in [0, 0.05) is 18.2 Å². The molecule has 1 amide bonds. The highest BCUT2D eigenvalue weighted by Gasteiger charge is 2.34. The van der Waals surface area contributed by atoms with Crippen LogP contribution in [0.1, 0.15) is 53.6 Å². The molecule has 3 aromatic carbocycles. The Morgan fingerprint density at radius 2 is 1.64 bits per heavy atom. The first-order chi connectivity index (χ1) is 18.7. The SMILES string of the molecule is Cc1ccc(C(=O)N(CCCN)C(c2nn(-c3cc(F)cc(F)c3)c(=O)n2Cc2ccccc2)C(C)C)cc1. The summed E-state index contributed by atoms with van der Waals surface area (Å²) in [5, 5.41) is 4.61. The Hall–Kier alpha value is -4.11. The first-order valence-electron chi connectivity index (χ1n) is 13.0. The second kappa shape index (κ2) is 12.2. The first-order valence-corrected chi connectivity index (χ1v) is 13.0. The fraction of sp³-hybridized carbons (Fsp3) is 0.300. The summed E-state index contributed by atoms with van der Waals surface area (Å²) < 4.78 is 30.7. The molecule has 1 unspecified atom stereocenters. The third kappa shape index (κ3) is 6.31. The van der Waals surface area contributed by atoms with Crippen LogP contribution in [0, 0.1) is 24.5 Å². The van der Waals surface area contributed by atoms with Crippen molar-refractivity contribution in [2.75, 3.05) is 13.1 Å². The van der Waals surface area contributed by atoms with Gasteiger partial charge in [0.25, 0.3) is 5.91 Å². The monoisotopic (exact) mass is 533 g/mol. The van der Waals surface area contributed by atoms with Crippen molar-refractivity contribution in [2.45, 2.75) is 39.8 Å². The molecule has 204 valence electrons. The van der Waals surface area contributed by atoms with Crippen LogP contribution < -0.4 is 11.4 Å². The van der Waals surface area contributed by atoms with E-state index in [0.717, 1.165) is 34.0 Å². The molecule has 9 heteroatoms. The molecule has 0 radical (unpaired) electrons. The van der Waals surface area contributed by atoms with Gasteiger partial charge < -0.3 is 10.6 Å². The average molecular weight is 534 g/mol. The van der Waals surface area contributed by atoms with Crippen LogP contribution in [0.5, 0.6) is 0 Å². The number of aryl methyl sites for hydroxylation is 1. The van der Waals surface area contributed by atoms with Crippen LogP contribution in [0.3, 0.4) is 0 Å². The summed E-state index contributed by atoms with van der Waals surface area (Å²) >= 11 is 0. The second-order valence-corrected chi connectivity index (χ2v) is 9.95. The van der Waals surface area contributed by atoms with Crippen LogP contribution in [0.15, 0.2) is 77.6 Å². The summed E-state index contributed by atoms with van der Waals surface area (Å²) in [5.41, 5.74) is 7.60. The van der Waals surface area contributed by atoms with Crippen molar-refractivity contribution in [3.8, 4) is 5.69 Å². The van der Waals surface area contributed by atoms with Gasteiger partial charge >= 0.3 is 5.69 Å². The van der Waals surface area contributed by atoms with Gasteiger partial charge in [0.1, 0.15) is 11.6 Å². The lowest BCUT2D eigenvalue weighted by atomic mass is 9.99. The summed E-state index contributed by atoms with van der Waals surface area (Å²) in [5.74, 6) is -1.70. The highest BCUT2D eigenvalue weighted by atomic mass is 19.1. The standard InChI is InChI=1S/C30H33F2N5O2/c1-20(2)27(35(15-7-14-33)29(38)23-12-10-21(3)11-13-23)28-34-37(26-17-24(31)16-25(32)18-26)30(39)36(28)19-22-8-5-4-6-9-22/h4-6,8-13,16-18,20,27H,7,14-15,19,33H2,1-3H3. The van der Waals surface area contributed by atoms with Gasteiger partial charge in [-0.2, -0.15) is 4.68 Å². The molecule has 7 nitrogen and oxygen atoms in total. The Balaban J connectivity index is 1.90. The van der Waals surface area contributed by atoms with E-state index in [2.05, 4.69) is 5.10 Å². The molecule has 1 aromatic heterocycles. The summed E-state index contributed by atoms with van der Waals surface area (Å²) in [6, 6.07) is 18.9. The lowest BCUT2D eigenvalue weighted by Crippen LogP contribution is -2.40. The van der Waals surface area contributed by atoms with Crippen LogP contribution in [0.25, 0.3) is 5.69 Å². The summed E-state index contributed by atoms with van der Waals surface area (Å²) in [6.07, 6.45) is 0.541. The molecular formula is C30H33F2N5O2. The fourth-order valence-electron chi connectivity index (χ4n) is 4.66. The van der Waals surface area contributed by atoms with Gasteiger partial charge in [-0.1, -0.05) is 61.9 Å². The zero-order valence-corrected chi connectivity index (χ0v) is 22.3. The number of halogens is 2. The molecule has 0 saturated carbocycles. The number of amides is 1. The largest absolute Gasteiger partial charge is 0.351 e. The first kappa shape index (κ1) is 27.9. The maximum Gasteiger partial charge on any atom is 0.351 e. The van der Waals surface area contributed by atoms with Crippen LogP contribution >= 0.6 is 0 Å². The van der Waals surface area contributed by atoms with Crippen LogP contribution in [-0.2, 0) is 6.54 Å². The van der Waals surface area contributed by atoms with Crippen molar-refractivity contribution in [1.29, 1.82) is 0 Å². The van der Waals surface area contributed by atoms with Crippen molar-refractivity contribution in [3.05, 3.63) is 117 Å². The fourth-order valence-corrected chi connectivity index (χ4v) is 4.66. The minimum Gasteiger partial charge on any atom is -0.330 e. The predicted molar refractivity (Wildman–Crippen MR) is 147 cm³/mol. The number of hydrogen-bond donors (Lipinski definition) is 1. The highest BCUT2D eigenvalue weighted by Crippen LogP contribution is 2.30. The number of carbonyl (C=O) groups excluding carboxylic acids is 1. The average Bonchev–Trinajstić information content (AvgIpc) is 3.21. The molecule has 0 saturated heterocycles. The van der Waals surface area contributed by atoms with Crippen LogP contribution in [0.2, 0.25) is 0 Å². The summed E-state index contributed by atoms with van der Waals surface area (Å²) in [7, 11) is 0. The third-order valence-electron chi connectivity index (χ3n) is 6.56. The quantitative estimate of drug-likeness (QED) is 0.316. The van der Waals surface area contributed by atoms with E-state index in [1.807, 2.05) is 63.2 Å². The second-order valence-electron chi connectivity index (χ2n) is 9.95. The number of rotatable bonds is 10. The highest BCUT2D eigenvalue weighted by molar-refractivity contribution is 5.94. The van der Waals surface area contributed by atoms with Gasteiger partial charge in [-0.15, -0.1) is 5.10 Å². The van der Waals surface area contributed by atoms with Gasteiger partial charge in [0.05, 0.1) is 18.3 Å². The van der Waals surface area contributed by atoms with Gasteiger partial charge in [-0.05, 0) is 55.6 Å². The van der Waals surface area contributed by atoms with E-state index in [-0.39, 0.29) is 24.1 Å². The lowest BCUT2D eigenvalue weighted by Gasteiger charge is -2.34. The van der Waals surface area contributed by atoms with Crippen LogP contribution in [-0.4, -0.2) is 38.2 Å². The molecule has 1 atom stereocenters. The normalized spacial score (nSPS) is 12.1. The zero-order valence-electron chi connectivity index (χ0n) is 22.3. The van der Waals surface area contributed by atoms with E-state index >= 15 is 0 Å². The number of benzene rings is 3. The van der Waals surface area contributed by atoms with Gasteiger partial charge in [-0.3, -0.25) is 9.36 Å². The summed E-state index contributed by atoms with van der Waals surface area (Å²) in [6.45, 7) is 6.71. The van der Waals surface area contributed by atoms with E-state index in [0.29, 0.717) is 30.9 Å². The van der Waals surface area contributed by atoms with Crippen molar-refractivity contribution < 1.29 is 13.6 Å². The van der Waals surface area contributed by atoms with Gasteiger partial charge in [-0.25, -0.2) is 13.6 Å². The Kier molecular flexibility index (Phi) is 8.71. The number of hydrogen-bond acceptors (Lipinski definition) is 4. The number of nitrogens with zero attached hydrogens (tertiary/aromatic N) is 4. The van der Waals surface area contributed by atoms with Crippen molar-refractivity contribution in [3.63, 3.8) is 0 Å². The molecule has 0 spiro atoms. The minimum absolute atomic E-state index is 0.0357. The van der Waals surface area contributed by atoms with E-state index in [9.17, 15) is 18.4 Å². The van der Waals surface area contributed by atoms with Crippen LogP contribution in [0.4, 0.5) is 8.78 Å². The lowest BCUT2D eigenvalue weighted by molar-refractivity contribution is 0.0603. The Labute approximate surface area is 226 Å². The van der Waals surface area contributed by atoms with Crippen molar-refractivity contribution >= 4 is 5.91 Å². The molecule has 4 aromatic rings. The molecule has 1 heterocycles. The molecule has 2 N–H and O–H groups in total. The molecule has 0 aliphatic rings. The molecule has 39 heavy (non-hydrogen) atoms. The van der Waals surface area contributed by atoms with Gasteiger partial charge in [0.2, 0.25) is 0 Å². The maximum atomic E-state index is 14.1. The number of carbonyl (C=O) groups is 1. The Morgan fingerprint density at radius 1 is 1.00 bits per heavy atom. The Morgan fingerprint density at radius 3 is 2.23 bits per heavy atom. The van der Waals surface area contributed by atoms with Crippen molar-refractivity contribution in [2.24, 2.45) is 11.7 Å². The van der Waals surface area contributed by atoms with E-state index in [4.69, 9.17) is 5.73 Å². The molecular weight excluding hydrogens is 500 g/mol. The number of aromatic nitrogens is 3. The predicted octanol–water partition coefficient (Wildman–Crippen LogP) is 4.86. The van der Waals surface area contributed by atoms with Crippen molar-refractivity contribution in [1.82, 2.24) is 19.2 Å². The van der Waals surface area contributed by atoms with E-state index < -0.39 is 23.4 Å². The van der Waals surface area contributed by atoms with E-state index in [1.165, 1.54) is 4.57 Å². The summed E-state index contributed by atoms with van der Waals surface area (Å²) in [4.78, 5) is 29.3. The minimum atomic E-state index is -0.824. The molecule has 0 fully saturated rings. The smallest absolute Gasteiger partial charge is 0.330 e. The topological polar surface area (TPSA) is 86.2 Å². The zero-order chi connectivity index (χ0) is 28.1.